The van der Waals surface area contributed by atoms with Crippen LogP contribution in [0.5, 0.6) is 0 Å². The lowest BCUT2D eigenvalue weighted by atomic mass is 9.77. The number of aliphatic hydroxyl groups is 1. The molecule has 0 radical (unpaired) electrons. The quantitative estimate of drug-likeness (QED) is 0.849. The Kier molecular flexibility index (Phi) is 4.59. The molecule has 104 valence electrons. The molecule has 1 N–H and O–H groups in total. The number of benzene rings is 1. The van der Waals surface area contributed by atoms with E-state index in [4.69, 9.17) is 9.84 Å². The van der Waals surface area contributed by atoms with Gasteiger partial charge >= 0.3 is 5.97 Å². The van der Waals surface area contributed by atoms with Gasteiger partial charge in [-0.3, -0.25) is 0 Å². The number of hydrogen-bond donors (Lipinski definition) is 1. The zero-order chi connectivity index (χ0) is 13.7. The van der Waals surface area contributed by atoms with E-state index in [-0.39, 0.29) is 0 Å². The maximum atomic E-state index is 11.6. The van der Waals surface area contributed by atoms with E-state index in [9.17, 15) is 4.79 Å². The van der Waals surface area contributed by atoms with Crippen molar-refractivity contribution in [3.8, 4) is 0 Å². The van der Waals surface area contributed by atoms with Crippen molar-refractivity contribution in [2.24, 2.45) is 0 Å². The van der Waals surface area contributed by atoms with E-state index >= 15 is 0 Å². The van der Waals surface area contributed by atoms with Crippen LogP contribution in [0.15, 0.2) is 24.3 Å². The van der Waals surface area contributed by atoms with Crippen LogP contribution in [0.4, 0.5) is 0 Å². The lowest BCUT2D eigenvalue weighted by Crippen LogP contribution is -2.36. The van der Waals surface area contributed by atoms with Crippen molar-refractivity contribution in [2.75, 3.05) is 6.61 Å². The second-order valence-electron chi connectivity index (χ2n) is 5.20. The Morgan fingerprint density at radius 1 is 1.26 bits per heavy atom. The third-order valence-electron chi connectivity index (χ3n) is 3.99. The van der Waals surface area contributed by atoms with Crippen LogP contribution < -0.4 is 0 Å². The second-order valence-corrected chi connectivity index (χ2v) is 5.20. The first kappa shape index (κ1) is 14.1. The summed E-state index contributed by atoms with van der Waals surface area (Å²) in [5, 5.41) is 8.98. The molecule has 0 bridgehead atoms. The number of carbonyl (C=O) groups excluding carboxylic acids is 1. The predicted octanol–water partition coefficient (Wildman–Crippen LogP) is 2.94. The minimum absolute atomic E-state index is 0.521. The number of rotatable bonds is 4. The van der Waals surface area contributed by atoms with Gasteiger partial charge in [-0.1, -0.05) is 37.6 Å². The van der Waals surface area contributed by atoms with Crippen LogP contribution in [-0.4, -0.2) is 17.7 Å². The molecule has 1 saturated carbocycles. The fourth-order valence-electron chi connectivity index (χ4n) is 3.07. The first-order valence-corrected chi connectivity index (χ1v) is 7.13. The number of esters is 1. The van der Waals surface area contributed by atoms with E-state index < -0.39 is 18.2 Å². The number of carbonyl (C=O) groups is 1. The van der Waals surface area contributed by atoms with E-state index in [1.54, 1.807) is 0 Å². The Labute approximate surface area is 114 Å². The monoisotopic (exact) mass is 262 g/mol. The molecule has 19 heavy (non-hydrogen) atoms. The molecule has 1 fully saturated rings. The molecule has 0 unspecified atom stereocenters. The van der Waals surface area contributed by atoms with Gasteiger partial charge in [-0.25, -0.2) is 4.79 Å². The summed E-state index contributed by atoms with van der Waals surface area (Å²) >= 11 is 0. The van der Waals surface area contributed by atoms with Crippen molar-refractivity contribution < 1.29 is 14.6 Å². The molecule has 0 heterocycles. The molecule has 2 rings (SSSR count). The lowest BCUT2D eigenvalue weighted by Gasteiger charge is -2.38. The third kappa shape index (κ3) is 2.98. The van der Waals surface area contributed by atoms with Crippen LogP contribution >= 0.6 is 0 Å². The van der Waals surface area contributed by atoms with Gasteiger partial charge in [0.15, 0.2) is 0 Å². The minimum atomic E-state index is -0.546. The van der Waals surface area contributed by atoms with Crippen LogP contribution in [0, 0.1) is 0 Å². The van der Waals surface area contributed by atoms with Crippen LogP contribution in [0.3, 0.4) is 0 Å². The molecule has 0 aromatic heterocycles. The Balaban J connectivity index is 2.38. The fraction of sp³-hybridized carbons (Fsp3) is 0.562. The molecule has 1 aliphatic rings. The topological polar surface area (TPSA) is 46.5 Å². The number of aliphatic hydroxyl groups excluding tert-OH is 1. The van der Waals surface area contributed by atoms with Crippen molar-refractivity contribution in [1.82, 2.24) is 0 Å². The normalized spacial score (nSPS) is 18.0. The molecular formula is C16H22O3. The van der Waals surface area contributed by atoms with Crippen LogP contribution in [0.25, 0.3) is 0 Å². The van der Waals surface area contributed by atoms with E-state index in [0.717, 1.165) is 37.7 Å². The maximum Gasteiger partial charge on any atom is 0.332 e. The fourth-order valence-corrected chi connectivity index (χ4v) is 3.07. The highest BCUT2D eigenvalue weighted by Crippen LogP contribution is 2.42. The Morgan fingerprint density at radius 3 is 2.58 bits per heavy atom. The van der Waals surface area contributed by atoms with Crippen molar-refractivity contribution >= 4 is 5.97 Å². The zero-order valence-corrected chi connectivity index (χ0v) is 11.5. The summed E-state index contributed by atoms with van der Waals surface area (Å²) in [5.41, 5.74) is 1.83. The largest absolute Gasteiger partial charge is 0.452 e. The lowest BCUT2D eigenvalue weighted by molar-refractivity contribution is -0.168. The van der Waals surface area contributed by atoms with Crippen molar-refractivity contribution in [1.29, 1.82) is 0 Å². The average Bonchev–Trinajstić information content (AvgIpc) is 2.48. The van der Waals surface area contributed by atoms with E-state index in [1.165, 1.54) is 12.0 Å². The van der Waals surface area contributed by atoms with Crippen molar-refractivity contribution in [3.63, 3.8) is 0 Å². The van der Waals surface area contributed by atoms with E-state index in [0.29, 0.717) is 0 Å². The number of hydrogen-bond acceptors (Lipinski definition) is 3. The van der Waals surface area contributed by atoms with Crippen LogP contribution in [0.1, 0.15) is 50.2 Å². The predicted molar refractivity (Wildman–Crippen MR) is 73.8 cm³/mol. The van der Waals surface area contributed by atoms with Gasteiger partial charge in [0.05, 0.1) is 0 Å². The van der Waals surface area contributed by atoms with Crippen molar-refractivity contribution in [2.45, 2.75) is 51.0 Å². The van der Waals surface area contributed by atoms with Gasteiger partial charge < -0.3 is 9.84 Å². The first-order chi connectivity index (χ1) is 9.22. The van der Waals surface area contributed by atoms with Crippen LogP contribution in [0.2, 0.25) is 0 Å². The van der Waals surface area contributed by atoms with Crippen molar-refractivity contribution in [3.05, 3.63) is 35.4 Å². The molecule has 0 amide bonds. The molecule has 0 aliphatic heterocycles. The molecular weight excluding hydrogens is 240 g/mol. The molecule has 0 saturated heterocycles. The molecule has 1 aromatic rings. The highest BCUT2D eigenvalue weighted by Gasteiger charge is 2.38. The summed E-state index contributed by atoms with van der Waals surface area (Å²) in [4.78, 5) is 11.6. The second kappa shape index (κ2) is 6.20. The summed E-state index contributed by atoms with van der Waals surface area (Å²) in [6, 6.07) is 8.18. The van der Waals surface area contributed by atoms with E-state index in [2.05, 4.69) is 19.1 Å². The van der Waals surface area contributed by atoms with Crippen LogP contribution in [-0.2, 0) is 21.6 Å². The van der Waals surface area contributed by atoms with Gasteiger partial charge in [0.2, 0.25) is 0 Å². The third-order valence-corrected chi connectivity index (χ3v) is 3.99. The molecule has 1 aliphatic carbocycles. The SMILES string of the molecule is CCc1ccccc1C1(OC(=O)CO)CCCCC1. The minimum Gasteiger partial charge on any atom is -0.452 e. The first-order valence-electron chi connectivity index (χ1n) is 7.13. The number of ether oxygens (including phenoxy) is 1. The molecule has 0 spiro atoms. The van der Waals surface area contributed by atoms with Gasteiger partial charge in [0.25, 0.3) is 0 Å². The Bertz CT molecular complexity index is 433. The molecule has 0 atom stereocenters. The Morgan fingerprint density at radius 2 is 1.95 bits per heavy atom. The van der Waals surface area contributed by atoms with Gasteiger partial charge in [-0.15, -0.1) is 0 Å². The molecule has 3 nitrogen and oxygen atoms in total. The molecule has 1 aromatic carbocycles. The zero-order valence-electron chi connectivity index (χ0n) is 11.5. The standard InChI is InChI=1S/C16H22O3/c1-2-13-8-4-5-9-14(13)16(19-15(18)12-17)10-6-3-7-11-16/h4-5,8-9,17H,2-3,6-7,10-12H2,1H3. The summed E-state index contributed by atoms with van der Waals surface area (Å²) < 4.78 is 5.67. The van der Waals surface area contributed by atoms with Gasteiger partial charge in [0, 0.05) is 0 Å². The maximum absolute atomic E-state index is 11.6. The Hall–Kier alpha value is -1.35. The summed E-state index contributed by atoms with van der Waals surface area (Å²) in [6.45, 7) is 1.57. The average molecular weight is 262 g/mol. The van der Waals surface area contributed by atoms with Gasteiger partial charge in [0.1, 0.15) is 12.2 Å². The van der Waals surface area contributed by atoms with Gasteiger partial charge in [-0.05, 0) is 43.2 Å². The summed E-state index contributed by atoms with van der Waals surface area (Å²) in [6.07, 6.45) is 5.96. The van der Waals surface area contributed by atoms with Gasteiger partial charge in [-0.2, -0.15) is 0 Å². The summed E-state index contributed by atoms with van der Waals surface area (Å²) in [5.74, 6) is -0.521. The smallest absolute Gasteiger partial charge is 0.332 e. The number of aryl methyl sites for hydroxylation is 1. The highest BCUT2D eigenvalue weighted by molar-refractivity contribution is 5.71. The summed E-state index contributed by atoms with van der Waals surface area (Å²) in [7, 11) is 0. The highest BCUT2D eigenvalue weighted by atomic mass is 16.6. The van der Waals surface area contributed by atoms with E-state index in [1.807, 2.05) is 12.1 Å². The molecule has 3 heteroatoms.